The van der Waals surface area contributed by atoms with Gasteiger partial charge in [0.2, 0.25) is 0 Å². The van der Waals surface area contributed by atoms with Crippen LogP contribution in [0, 0.1) is 0 Å². The van der Waals surface area contributed by atoms with Gasteiger partial charge >= 0.3 is 0 Å². The molecule has 3 aromatic rings. The first-order valence-electron chi connectivity index (χ1n) is 9.41. The fourth-order valence-corrected chi connectivity index (χ4v) is 4.41. The van der Waals surface area contributed by atoms with E-state index in [0.717, 1.165) is 59.4 Å². The van der Waals surface area contributed by atoms with Crippen LogP contribution in [0.2, 0.25) is 5.02 Å². The maximum Gasteiger partial charge on any atom is 0.263 e. The topological polar surface area (TPSA) is 58.2 Å². The number of H-pyrrole nitrogens is 1. The van der Waals surface area contributed by atoms with Crippen molar-refractivity contribution >= 4 is 28.5 Å². The first-order chi connectivity index (χ1) is 13.2. The quantitative estimate of drug-likeness (QED) is 0.723. The lowest BCUT2D eigenvalue weighted by Gasteiger charge is -2.28. The summed E-state index contributed by atoms with van der Waals surface area (Å²) in [6.45, 7) is 1.66. The first kappa shape index (κ1) is 16.6. The monoisotopic (exact) mass is 381 g/mol. The largest absolute Gasteiger partial charge is 0.479 e. The molecule has 0 aliphatic carbocycles. The number of hydrogen-bond donors (Lipinski definition) is 1. The van der Waals surface area contributed by atoms with Crippen molar-refractivity contribution in [2.24, 2.45) is 0 Å². The van der Waals surface area contributed by atoms with Crippen molar-refractivity contribution in [3.63, 3.8) is 0 Å². The van der Waals surface area contributed by atoms with Crippen molar-refractivity contribution in [3.8, 4) is 16.9 Å². The van der Waals surface area contributed by atoms with Gasteiger partial charge < -0.3 is 14.6 Å². The number of amides is 1. The van der Waals surface area contributed by atoms with Crippen LogP contribution in [0.25, 0.3) is 22.2 Å². The maximum atomic E-state index is 12.9. The van der Waals surface area contributed by atoms with Crippen LogP contribution >= 0.6 is 11.6 Å². The van der Waals surface area contributed by atoms with Crippen LogP contribution in [0.5, 0.6) is 5.75 Å². The van der Waals surface area contributed by atoms with Crippen LogP contribution in [0.1, 0.15) is 24.8 Å². The number of likely N-dealkylation sites (tertiary alicyclic amines) is 1. The number of nitrogens with one attached hydrogen (secondary N) is 1. The van der Waals surface area contributed by atoms with Crippen LogP contribution in [0.4, 0.5) is 0 Å². The van der Waals surface area contributed by atoms with Gasteiger partial charge in [0.15, 0.2) is 6.10 Å². The molecule has 1 amide bonds. The van der Waals surface area contributed by atoms with Crippen LogP contribution in [0.15, 0.2) is 36.7 Å². The molecule has 0 radical (unpaired) electrons. The Balaban J connectivity index is 1.53. The number of rotatable bonds is 2. The number of pyridine rings is 1. The number of aromatic amines is 1. The highest BCUT2D eigenvalue weighted by Crippen LogP contribution is 2.43. The van der Waals surface area contributed by atoms with Crippen molar-refractivity contribution < 1.29 is 9.53 Å². The summed E-state index contributed by atoms with van der Waals surface area (Å²) < 4.78 is 6.20. The van der Waals surface area contributed by atoms with Crippen molar-refractivity contribution in [3.05, 3.63) is 47.2 Å². The van der Waals surface area contributed by atoms with E-state index in [9.17, 15) is 4.79 Å². The second kappa shape index (κ2) is 6.57. The minimum absolute atomic E-state index is 0.0905. The average molecular weight is 382 g/mol. The van der Waals surface area contributed by atoms with E-state index in [1.807, 2.05) is 35.4 Å². The lowest BCUT2D eigenvalue weighted by atomic mass is 10.00. The van der Waals surface area contributed by atoms with Gasteiger partial charge in [-0.05, 0) is 43.5 Å². The van der Waals surface area contributed by atoms with Gasteiger partial charge in [0.05, 0.1) is 11.0 Å². The van der Waals surface area contributed by atoms with Gasteiger partial charge in [0, 0.05) is 53.6 Å². The molecule has 2 aromatic heterocycles. The van der Waals surface area contributed by atoms with Gasteiger partial charge in [-0.15, -0.1) is 0 Å². The predicted molar refractivity (Wildman–Crippen MR) is 105 cm³/mol. The number of halogens is 1. The summed E-state index contributed by atoms with van der Waals surface area (Å²) in [4.78, 5) is 22.5. The zero-order chi connectivity index (χ0) is 18.4. The van der Waals surface area contributed by atoms with Crippen LogP contribution in [-0.4, -0.2) is 40.0 Å². The van der Waals surface area contributed by atoms with Gasteiger partial charge in [-0.2, -0.15) is 0 Å². The minimum atomic E-state index is -0.462. The molecule has 0 spiro atoms. The molecule has 27 heavy (non-hydrogen) atoms. The predicted octanol–water partition coefficient (Wildman–Crippen LogP) is 4.20. The number of ether oxygens (including phenoxy) is 1. The third-order valence-corrected chi connectivity index (χ3v) is 5.70. The molecule has 0 bridgehead atoms. The minimum Gasteiger partial charge on any atom is -0.479 e. The standard InChI is InChI=1S/C21H20ClN3O2/c22-14-10-13-11-18(21(26)25-8-2-1-3-9-25)27-20(13)16(12-14)15-4-6-23-17-5-7-24-19(15)17/h4-7,10,12,18,24H,1-3,8-9,11H2. The van der Waals surface area contributed by atoms with Gasteiger partial charge in [-0.25, -0.2) is 0 Å². The molecule has 1 aromatic carbocycles. The zero-order valence-electron chi connectivity index (χ0n) is 14.9. The Morgan fingerprint density at radius 3 is 2.89 bits per heavy atom. The van der Waals surface area contributed by atoms with Gasteiger partial charge in [0.25, 0.3) is 5.91 Å². The van der Waals surface area contributed by atoms with E-state index < -0.39 is 6.10 Å². The van der Waals surface area contributed by atoms with Crippen molar-refractivity contribution in [2.75, 3.05) is 13.1 Å². The Morgan fingerprint density at radius 1 is 1.19 bits per heavy atom. The van der Waals surface area contributed by atoms with E-state index in [4.69, 9.17) is 16.3 Å². The summed E-state index contributed by atoms with van der Waals surface area (Å²) >= 11 is 6.40. The molecular formula is C21H20ClN3O2. The van der Waals surface area contributed by atoms with Crippen molar-refractivity contribution in [1.82, 2.24) is 14.9 Å². The smallest absolute Gasteiger partial charge is 0.263 e. The van der Waals surface area contributed by atoms with Gasteiger partial charge in [-0.1, -0.05) is 11.6 Å². The second-order valence-electron chi connectivity index (χ2n) is 7.23. The summed E-state index contributed by atoms with van der Waals surface area (Å²) in [6.07, 6.45) is 7.10. The molecule has 1 saturated heterocycles. The fourth-order valence-electron chi connectivity index (χ4n) is 4.16. The molecule has 2 aliphatic heterocycles. The number of aromatic nitrogens is 2. The van der Waals surface area contributed by atoms with Crippen LogP contribution < -0.4 is 4.74 Å². The van der Waals surface area contributed by atoms with E-state index in [2.05, 4.69) is 9.97 Å². The van der Waals surface area contributed by atoms with E-state index in [1.165, 1.54) is 6.42 Å². The fraction of sp³-hybridized carbons (Fsp3) is 0.333. The number of piperidine rings is 1. The zero-order valence-corrected chi connectivity index (χ0v) is 15.6. The number of carbonyl (C=O) groups is 1. The Labute approximate surface area is 162 Å². The van der Waals surface area contributed by atoms with Crippen molar-refractivity contribution in [1.29, 1.82) is 0 Å². The number of benzene rings is 1. The molecule has 1 unspecified atom stereocenters. The maximum absolute atomic E-state index is 12.9. The lowest BCUT2D eigenvalue weighted by molar-refractivity contribution is -0.138. The Bertz CT molecular complexity index is 1020. The summed E-state index contributed by atoms with van der Waals surface area (Å²) in [7, 11) is 0. The Kier molecular flexibility index (Phi) is 4.05. The molecule has 1 atom stereocenters. The summed E-state index contributed by atoms with van der Waals surface area (Å²) in [5.74, 6) is 0.851. The summed E-state index contributed by atoms with van der Waals surface area (Å²) in [5.41, 5.74) is 4.71. The van der Waals surface area contributed by atoms with Gasteiger partial charge in [0.1, 0.15) is 5.75 Å². The van der Waals surface area contributed by atoms with E-state index in [0.29, 0.717) is 11.4 Å². The molecule has 6 heteroatoms. The Morgan fingerprint density at radius 2 is 2.04 bits per heavy atom. The highest BCUT2D eigenvalue weighted by atomic mass is 35.5. The third kappa shape index (κ3) is 2.86. The Hall–Kier alpha value is -2.53. The molecular weight excluding hydrogens is 362 g/mol. The molecule has 5 rings (SSSR count). The highest BCUT2D eigenvalue weighted by molar-refractivity contribution is 6.31. The normalized spacial score (nSPS) is 19.1. The molecule has 1 fully saturated rings. The van der Waals surface area contributed by atoms with E-state index >= 15 is 0 Å². The second-order valence-corrected chi connectivity index (χ2v) is 7.67. The number of hydrogen-bond acceptors (Lipinski definition) is 3. The summed E-state index contributed by atoms with van der Waals surface area (Å²) in [6, 6.07) is 7.71. The lowest BCUT2D eigenvalue weighted by Crippen LogP contribution is -2.43. The highest BCUT2D eigenvalue weighted by Gasteiger charge is 2.35. The van der Waals surface area contributed by atoms with Crippen molar-refractivity contribution in [2.45, 2.75) is 31.8 Å². The van der Waals surface area contributed by atoms with Crippen LogP contribution in [-0.2, 0) is 11.2 Å². The molecule has 2 aliphatic rings. The number of carbonyl (C=O) groups excluding carboxylic acids is 1. The summed E-state index contributed by atoms with van der Waals surface area (Å²) in [5, 5.41) is 0.648. The molecule has 4 heterocycles. The SMILES string of the molecule is O=C(C1Cc2cc(Cl)cc(-c3ccnc4cc[nH]c34)c2O1)N1CCCCC1. The molecule has 5 nitrogen and oxygen atoms in total. The van der Waals surface area contributed by atoms with E-state index in [1.54, 1.807) is 6.20 Å². The first-order valence-corrected chi connectivity index (χ1v) is 9.79. The van der Waals surface area contributed by atoms with E-state index in [-0.39, 0.29) is 5.91 Å². The number of nitrogens with zero attached hydrogens (tertiary/aromatic N) is 2. The van der Waals surface area contributed by atoms with Gasteiger partial charge in [-0.3, -0.25) is 9.78 Å². The molecule has 0 saturated carbocycles. The van der Waals surface area contributed by atoms with Crippen LogP contribution in [0.3, 0.4) is 0 Å². The average Bonchev–Trinajstić information content (AvgIpc) is 3.34. The molecule has 138 valence electrons. The third-order valence-electron chi connectivity index (χ3n) is 5.48. The number of fused-ring (bicyclic) bond motifs is 2. The molecule has 1 N–H and O–H groups in total.